The van der Waals surface area contributed by atoms with Crippen molar-refractivity contribution in [2.75, 3.05) is 28.6 Å². The van der Waals surface area contributed by atoms with Crippen molar-refractivity contribution in [3.8, 4) is 0 Å². The Bertz CT molecular complexity index is 1160. The maximum absolute atomic E-state index is 13.2. The number of hydrogen-bond acceptors (Lipinski definition) is 3. The predicted octanol–water partition coefficient (Wildman–Crippen LogP) is 5.56. The molecule has 1 heterocycles. The van der Waals surface area contributed by atoms with Gasteiger partial charge >= 0.3 is 6.03 Å². The number of anilines is 3. The summed E-state index contributed by atoms with van der Waals surface area (Å²) >= 11 is 0. The summed E-state index contributed by atoms with van der Waals surface area (Å²) in [6.07, 6.45) is 2.96. The Morgan fingerprint density at radius 3 is 2.41 bits per heavy atom. The molecular formula is C27H29FN4O2. The summed E-state index contributed by atoms with van der Waals surface area (Å²) in [4.78, 5) is 28.0. The standard InChI is InChI=1S/C27H29FN4O2/c1-2-20-7-3-4-8-24(20)31-27(34)30-22-13-14-25(32-15-5-6-16-32)23(17-22)26(33)29-18-19-9-11-21(28)12-10-19/h3-4,7-14,17H,2,5-6,15-16,18H2,1H3,(H,29,33)(H2,30,31,34). The summed E-state index contributed by atoms with van der Waals surface area (Å²) in [6.45, 7) is 4.09. The molecule has 3 aromatic rings. The van der Waals surface area contributed by atoms with Gasteiger partial charge in [0.25, 0.3) is 5.91 Å². The SMILES string of the molecule is CCc1ccccc1NC(=O)Nc1ccc(N2CCCC2)c(C(=O)NCc2ccc(F)cc2)c1. The number of benzene rings is 3. The summed E-state index contributed by atoms with van der Waals surface area (Å²) in [5, 5.41) is 8.65. The molecule has 0 unspecified atom stereocenters. The molecule has 1 saturated heterocycles. The summed E-state index contributed by atoms with van der Waals surface area (Å²) in [6, 6.07) is 18.7. The monoisotopic (exact) mass is 460 g/mol. The van der Waals surface area contributed by atoms with Crippen molar-refractivity contribution >= 4 is 29.0 Å². The van der Waals surface area contributed by atoms with Crippen molar-refractivity contribution in [2.45, 2.75) is 32.7 Å². The van der Waals surface area contributed by atoms with Gasteiger partial charge in [-0.05, 0) is 66.8 Å². The second-order valence-corrected chi connectivity index (χ2v) is 8.33. The fourth-order valence-corrected chi connectivity index (χ4v) is 4.14. The molecular weight excluding hydrogens is 431 g/mol. The summed E-state index contributed by atoms with van der Waals surface area (Å²) < 4.78 is 13.2. The predicted molar refractivity (Wildman–Crippen MR) is 134 cm³/mol. The Balaban J connectivity index is 1.51. The number of halogens is 1. The third-order valence-electron chi connectivity index (χ3n) is 5.96. The Kier molecular flexibility index (Phi) is 7.42. The van der Waals surface area contributed by atoms with Crippen LogP contribution in [0.25, 0.3) is 0 Å². The Morgan fingerprint density at radius 2 is 1.68 bits per heavy atom. The first-order chi connectivity index (χ1) is 16.5. The van der Waals surface area contributed by atoms with Gasteiger partial charge in [0.05, 0.1) is 5.56 Å². The fourth-order valence-electron chi connectivity index (χ4n) is 4.14. The van der Waals surface area contributed by atoms with E-state index in [1.54, 1.807) is 18.2 Å². The van der Waals surface area contributed by atoms with Crippen molar-refractivity contribution in [1.29, 1.82) is 0 Å². The minimum Gasteiger partial charge on any atom is -0.371 e. The third-order valence-corrected chi connectivity index (χ3v) is 5.96. The van der Waals surface area contributed by atoms with E-state index in [0.29, 0.717) is 11.3 Å². The summed E-state index contributed by atoms with van der Waals surface area (Å²) in [5.74, 6) is -0.559. The maximum Gasteiger partial charge on any atom is 0.323 e. The highest BCUT2D eigenvalue weighted by atomic mass is 19.1. The molecule has 0 radical (unpaired) electrons. The Morgan fingerprint density at radius 1 is 0.941 bits per heavy atom. The highest BCUT2D eigenvalue weighted by Gasteiger charge is 2.20. The number of nitrogens with zero attached hydrogens (tertiary/aromatic N) is 1. The van der Waals surface area contributed by atoms with Crippen molar-refractivity contribution in [3.63, 3.8) is 0 Å². The molecule has 0 atom stereocenters. The van der Waals surface area contributed by atoms with E-state index < -0.39 is 0 Å². The van der Waals surface area contributed by atoms with Gasteiger partial charge in [-0.25, -0.2) is 9.18 Å². The second kappa shape index (κ2) is 10.8. The van der Waals surface area contributed by atoms with E-state index in [-0.39, 0.29) is 24.3 Å². The molecule has 34 heavy (non-hydrogen) atoms. The summed E-state index contributed by atoms with van der Waals surface area (Å²) in [5.41, 5.74) is 4.48. The van der Waals surface area contributed by atoms with Gasteiger partial charge < -0.3 is 20.9 Å². The lowest BCUT2D eigenvalue weighted by atomic mass is 10.1. The average Bonchev–Trinajstić information content (AvgIpc) is 3.38. The van der Waals surface area contributed by atoms with E-state index in [0.717, 1.165) is 54.9 Å². The zero-order valence-corrected chi connectivity index (χ0v) is 19.2. The molecule has 6 nitrogen and oxygen atoms in total. The number of para-hydroxylation sites is 1. The number of carbonyl (C=O) groups excluding carboxylic acids is 2. The molecule has 3 N–H and O–H groups in total. The summed E-state index contributed by atoms with van der Waals surface area (Å²) in [7, 11) is 0. The Labute approximate surface area is 199 Å². The van der Waals surface area contributed by atoms with Crippen LogP contribution in [0.5, 0.6) is 0 Å². The lowest BCUT2D eigenvalue weighted by Crippen LogP contribution is -2.28. The third kappa shape index (κ3) is 5.73. The highest BCUT2D eigenvalue weighted by molar-refractivity contribution is 6.04. The van der Waals surface area contributed by atoms with Crippen LogP contribution in [0.4, 0.5) is 26.2 Å². The van der Waals surface area contributed by atoms with E-state index in [9.17, 15) is 14.0 Å². The number of hydrogen-bond donors (Lipinski definition) is 3. The minimum absolute atomic E-state index is 0.244. The van der Waals surface area contributed by atoms with Gasteiger partial charge in [-0.1, -0.05) is 37.3 Å². The van der Waals surface area contributed by atoms with Gasteiger partial charge in [-0.2, -0.15) is 0 Å². The van der Waals surface area contributed by atoms with Gasteiger partial charge in [-0.3, -0.25) is 4.79 Å². The zero-order valence-electron chi connectivity index (χ0n) is 19.2. The first-order valence-corrected chi connectivity index (χ1v) is 11.6. The van der Waals surface area contributed by atoms with Crippen LogP contribution >= 0.6 is 0 Å². The van der Waals surface area contributed by atoms with E-state index in [1.165, 1.54) is 12.1 Å². The smallest absolute Gasteiger partial charge is 0.323 e. The zero-order chi connectivity index (χ0) is 23.9. The van der Waals surface area contributed by atoms with Gasteiger partial charge in [-0.15, -0.1) is 0 Å². The minimum atomic E-state index is -0.368. The molecule has 1 aliphatic rings. The maximum atomic E-state index is 13.2. The lowest BCUT2D eigenvalue weighted by molar-refractivity contribution is 0.0951. The van der Waals surface area contributed by atoms with Crippen LogP contribution in [0.1, 0.15) is 41.3 Å². The van der Waals surface area contributed by atoms with Crippen molar-refractivity contribution < 1.29 is 14.0 Å². The van der Waals surface area contributed by atoms with Crippen LogP contribution in [0.2, 0.25) is 0 Å². The molecule has 0 aliphatic carbocycles. The normalized spacial score (nSPS) is 12.9. The van der Waals surface area contributed by atoms with Crippen molar-refractivity contribution in [1.82, 2.24) is 5.32 Å². The van der Waals surface area contributed by atoms with Gasteiger partial charge in [0, 0.05) is 36.7 Å². The van der Waals surface area contributed by atoms with E-state index in [4.69, 9.17) is 0 Å². The largest absolute Gasteiger partial charge is 0.371 e. The van der Waals surface area contributed by atoms with E-state index in [2.05, 4.69) is 20.9 Å². The first kappa shape index (κ1) is 23.3. The van der Waals surface area contributed by atoms with Gasteiger partial charge in [0.2, 0.25) is 0 Å². The molecule has 4 rings (SSSR count). The van der Waals surface area contributed by atoms with Crippen molar-refractivity contribution in [2.24, 2.45) is 0 Å². The van der Waals surface area contributed by atoms with E-state index >= 15 is 0 Å². The molecule has 176 valence electrons. The van der Waals surface area contributed by atoms with Gasteiger partial charge in [0.1, 0.15) is 5.82 Å². The van der Waals surface area contributed by atoms with Crippen LogP contribution in [0.15, 0.2) is 66.7 Å². The Hall–Kier alpha value is -3.87. The average molecular weight is 461 g/mol. The van der Waals surface area contributed by atoms with Crippen LogP contribution in [-0.2, 0) is 13.0 Å². The fraction of sp³-hybridized carbons (Fsp3) is 0.259. The van der Waals surface area contributed by atoms with Crippen LogP contribution < -0.4 is 20.9 Å². The second-order valence-electron chi connectivity index (χ2n) is 8.33. The molecule has 0 aromatic heterocycles. The topological polar surface area (TPSA) is 73.5 Å². The molecule has 0 saturated carbocycles. The molecule has 0 spiro atoms. The molecule has 7 heteroatoms. The molecule has 3 aromatic carbocycles. The number of aryl methyl sites for hydroxylation is 1. The van der Waals surface area contributed by atoms with Crippen LogP contribution in [0.3, 0.4) is 0 Å². The van der Waals surface area contributed by atoms with Crippen LogP contribution in [0, 0.1) is 5.82 Å². The molecule has 1 aliphatic heterocycles. The first-order valence-electron chi connectivity index (χ1n) is 11.6. The quantitative estimate of drug-likeness (QED) is 0.432. The van der Waals surface area contributed by atoms with Crippen LogP contribution in [-0.4, -0.2) is 25.0 Å². The number of carbonyl (C=O) groups is 2. The number of amides is 3. The number of urea groups is 1. The molecule has 3 amide bonds. The number of rotatable bonds is 7. The van der Waals surface area contributed by atoms with Crippen molar-refractivity contribution in [3.05, 3.63) is 89.2 Å². The molecule has 0 bridgehead atoms. The number of nitrogens with one attached hydrogen (secondary N) is 3. The van der Waals surface area contributed by atoms with Gasteiger partial charge in [0.15, 0.2) is 0 Å². The van der Waals surface area contributed by atoms with E-state index in [1.807, 2.05) is 43.3 Å². The molecule has 1 fully saturated rings. The highest BCUT2D eigenvalue weighted by Crippen LogP contribution is 2.28. The lowest BCUT2D eigenvalue weighted by Gasteiger charge is -2.22.